The van der Waals surface area contributed by atoms with Crippen LogP contribution in [0.15, 0.2) is 24.5 Å². The number of hydrogen-bond donors (Lipinski definition) is 1. The average Bonchev–Trinajstić information content (AvgIpc) is 3.18. The van der Waals surface area contributed by atoms with Gasteiger partial charge in [0.1, 0.15) is 5.60 Å². The molecule has 1 spiro atoms. The van der Waals surface area contributed by atoms with E-state index in [-0.39, 0.29) is 17.6 Å². The summed E-state index contributed by atoms with van der Waals surface area (Å²) in [6.45, 7) is 8.58. The van der Waals surface area contributed by atoms with Gasteiger partial charge in [0.2, 0.25) is 0 Å². The molecule has 0 aromatic carbocycles. The van der Waals surface area contributed by atoms with Crippen LogP contribution in [0.4, 0.5) is 0 Å². The minimum Gasteiger partial charge on any atom is -0.377 e. The molecular weight excluding hydrogens is 388 g/mol. The fraction of sp³-hybridized carbons (Fsp3) is 0.571. The summed E-state index contributed by atoms with van der Waals surface area (Å²) in [5.74, 6) is -0.113. The molecule has 8 heteroatoms. The Morgan fingerprint density at radius 3 is 3.10 bits per heavy atom. The van der Waals surface area contributed by atoms with Crippen LogP contribution in [0.2, 0.25) is 0 Å². The zero-order valence-electron chi connectivity index (χ0n) is 17.0. The minimum atomic E-state index is -0.298. The zero-order chi connectivity index (χ0) is 20.3. The van der Waals surface area contributed by atoms with Crippen LogP contribution in [0.1, 0.15) is 38.8 Å². The number of hydrogen-bond acceptors (Lipinski definition) is 7. The second-order valence-electron chi connectivity index (χ2n) is 7.92. The predicted molar refractivity (Wildman–Crippen MR) is 111 cm³/mol. The fourth-order valence-electron chi connectivity index (χ4n) is 4.11. The lowest BCUT2D eigenvalue weighted by atomic mass is 10.00. The highest BCUT2D eigenvalue weighted by Gasteiger charge is 2.43. The molecule has 2 saturated heterocycles. The van der Waals surface area contributed by atoms with Crippen LogP contribution in [0.25, 0.3) is 0 Å². The molecule has 2 aromatic rings. The molecule has 156 valence electrons. The summed E-state index contributed by atoms with van der Waals surface area (Å²) in [6, 6.07) is 3.53. The Hall–Kier alpha value is -1.87. The van der Waals surface area contributed by atoms with Gasteiger partial charge < -0.3 is 14.8 Å². The molecule has 2 fully saturated rings. The second kappa shape index (κ2) is 8.87. The van der Waals surface area contributed by atoms with Crippen LogP contribution in [0, 0.1) is 13.8 Å². The van der Waals surface area contributed by atoms with Crippen molar-refractivity contribution in [2.45, 2.75) is 44.9 Å². The van der Waals surface area contributed by atoms with Gasteiger partial charge >= 0.3 is 0 Å². The van der Waals surface area contributed by atoms with Crippen molar-refractivity contribution in [2.24, 2.45) is 0 Å². The number of pyridine rings is 1. The van der Waals surface area contributed by atoms with E-state index in [0.717, 1.165) is 43.2 Å². The lowest BCUT2D eigenvalue weighted by Crippen LogP contribution is -2.45. The van der Waals surface area contributed by atoms with Crippen molar-refractivity contribution in [3.63, 3.8) is 0 Å². The van der Waals surface area contributed by atoms with E-state index in [2.05, 4.69) is 34.0 Å². The highest BCUT2D eigenvalue weighted by atomic mass is 32.1. The van der Waals surface area contributed by atoms with E-state index < -0.39 is 0 Å². The molecule has 0 saturated carbocycles. The maximum atomic E-state index is 12.3. The third kappa shape index (κ3) is 5.01. The first-order valence-electron chi connectivity index (χ1n) is 10.1. The molecule has 7 nitrogen and oxygen atoms in total. The topological polar surface area (TPSA) is 76.6 Å². The highest BCUT2D eigenvalue weighted by molar-refractivity contribution is 7.11. The molecule has 0 bridgehead atoms. The molecule has 2 aliphatic heterocycles. The number of nitrogens with zero attached hydrogens (tertiary/aromatic N) is 3. The van der Waals surface area contributed by atoms with Crippen molar-refractivity contribution >= 4 is 17.2 Å². The fourth-order valence-corrected chi connectivity index (χ4v) is 5.09. The summed E-state index contributed by atoms with van der Waals surface area (Å²) >= 11 is 1.77. The Morgan fingerprint density at radius 1 is 1.45 bits per heavy atom. The minimum absolute atomic E-state index is 0.00607. The van der Waals surface area contributed by atoms with Gasteiger partial charge in [-0.3, -0.25) is 14.7 Å². The first-order valence-corrected chi connectivity index (χ1v) is 10.9. The number of nitrogens with one attached hydrogen (secondary N) is 1. The summed E-state index contributed by atoms with van der Waals surface area (Å²) in [6.07, 6.45) is 5.10. The molecule has 1 amide bonds. The summed E-state index contributed by atoms with van der Waals surface area (Å²) in [7, 11) is 0. The SMILES string of the molecule is Cc1nc(C)c(CN2CCOC[C@@]3(CC[C@@H](CNC(=O)c4cccnc4)O3)C2)s1. The molecule has 2 aromatic heterocycles. The largest absolute Gasteiger partial charge is 0.377 e. The van der Waals surface area contributed by atoms with E-state index in [1.807, 2.05) is 0 Å². The molecule has 2 aliphatic rings. The van der Waals surface area contributed by atoms with E-state index in [1.165, 1.54) is 4.88 Å². The molecule has 2 atom stereocenters. The predicted octanol–water partition coefficient (Wildman–Crippen LogP) is 2.33. The van der Waals surface area contributed by atoms with Crippen LogP contribution in [0.5, 0.6) is 0 Å². The third-order valence-electron chi connectivity index (χ3n) is 5.55. The van der Waals surface area contributed by atoms with Crippen molar-refractivity contribution in [3.05, 3.63) is 45.7 Å². The smallest absolute Gasteiger partial charge is 0.252 e. The van der Waals surface area contributed by atoms with Crippen molar-refractivity contribution < 1.29 is 14.3 Å². The van der Waals surface area contributed by atoms with Crippen LogP contribution < -0.4 is 5.32 Å². The summed E-state index contributed by atoms with van der Waals surface area (Å²) in [4.78, 5) is 24.6. The molecule has 0 aliphatic carbocycles. The standard InChI is InChI=1S/C21H28N4O3S/c1-15-19(29-16(2)24-15)12-25-8-9-27-14-21(13-25)6-5-18(28-21)11-23-20(26)17-4-3-7-22-10-17/h3-4,7,10,18H,5-6,8-9,11-14H2,1-2H3,(H,23,26)/t18-,21+/m0/s1. The van der Waals surface area contributed by atoms with Gasteiger partial charge in [-0.05, 0) is 38.8 Å². The van der Waals surface area contributed by atoms with E-state index in [4.69, 9.17) is 9.47 Å². The van der Waals surface area contributed by atoms with E-state index >= 15 is 0 Å². The van der Waals surface area contributed by atoms with E-state index in [9.17, 15) is 4.79 Å². The van der Waals surface area contributed by atoms with E-state index in [1.54, 1.807) is 35.9 Å². The number of rotatable bonds is 5. The van der Waals surface area contributed by atoms with Gasteiger partial charge in [0.15, 0.2) is 0 Å². The van der Waals surface area contributed by atoms with Crippen molar-refractivity contribution in [3.8, 4) is 0 Å². The van der Waals surface area contributed by atoms with Crippen molar-refractivity contribution in [2.75, 3.05) is 32.8 Å². The molecule has 0 unspecified atom stereocenters. The lowest BCUT2D eigenvalue weighted by Gasteiger charge is -2.32. The monoisotopic (exact) mass is 416 g/mol. The van der Waals surface area contributed by atoms with Gasteiger partial charge in [-0.25, -0.2) is 4.98 Å². The Bertz CT molecular complexity index is 844. The van der Waals surface area contributed by atoms with Gasteiger partial charge in [-0.2, -0.15) is 0 Å². The Morgan fingerprint density at radius 2 is 2.34 bits per heavy atom. The molecule has 29 heavy (non-hydrogen) atoms. The molecule has 4 rings (SSSR count). The number of aryl methyl sites for hydroxylation is 2. The van der Waals surface area contributed by atoms with Gasteiger partial charge in [0, 0.05) is 43.4 Å². The summed E-state index contributed by atoms with van der Waals surface area (Å²) < 4.78 is 12.4. The average molecular weight is 417 g/mol. The molecule has 4 heterocycles. The maximum Gasteiger partial charge on any atom is 0.252 e. The maximum absolute atomic E-state index is 12.3. The Labute approximate surface area is 175 Å². The number of ether oxygens (including phenoxy) is 2. The normalized spacial score (nSPS) is 25.2. The number of thiazole rings is 1. The molecular formula is C21H28N4O3S. The van der Waals surface area contributed by atoms with Gasteiger partial charge in [0.25, 0.3) is 5.91 Å². The van der Waals surface area contributed by atoms with Gasteiger partial charge in [-0.1, -0.05) is 0 Å². The van der Waals surface area contributed by atoms with Crippen molar-refractivity contribution in [1.29, 1.82) is 0 Å². The number of carbonyl (C=O) groups excluding carboxylic acids is 1. The second-order valence-corrected chi connectivity index (χ2v) is 9.21. The van der Waals surface area contributed by atoms with E-state index in [0.29, 0.717) is 25.3 Å². The summed E-state index contributed by atoms with van der Waals surface area (Å²) in [5, 5.41) is 4.09. The third-order valence-corrected chi connectivity index (χ3v) is 6.61. The summed E-state index contributed by atoms with van der Waals surface area (Å²) in [5.41, 5.74) is 1.39. The van der Waals surface area contributed by atoms with Crippen LogP contribution in [-0.4, -0.2) is 65.3 Å². The van der Waals surface area contributed by atoms with Gasteiger partial charge in [-0.15, -0.1) is 11.3 Å². The van der Waals surface area contributed by atoms with Gasteiger partial charge in [0.05, 0.1) is 35.6 Å². The highest BCUT2D eigenvalue weighted by Crippen LogP contribution is 2.33. The van der Waals surface area contributed by atoms with Crippen LogP contribution in [0.3, 0.4) is 0 Å². The first kappa shape index (κ1) is 20.4. The number of aromatic nitrogens is 2. The molecule has 0 radical (unpaired) electrons. The Kier molecular flexibility index (Phi) is 6.24. The number of carbonyl (C=O) groups is 1. The quantitative estimate of drug-likeness (QED) is 0.806. The Balaban J connectivity index is 1.34. The van der Waals surface area contributed by atoms with Crippen LogP contribution in [-0.2, 0) is 16.0 Å². The van der Waals surface area contributed by atoms with Crippen molar-refractivity contribution in [1.82, 2.24) is 20.2 Å². The molecule has 1 N–H and O–H groups in total. The number of amides is 1. The zero-order valence-corrected chi connectivity index (χ0v) is 17.8. The first-order chi connectivity index (χ1) is 14.0. The lowest BCUT2D eigenvalue weighted by molar-refractivity contribution is -0.0848. The van der Waals surface area contributed by atoms with Crippen LogP contribution >= 0.6 is 11.3 Å².